The van der Waals surface area contributed by atoms with Crippen LogP contribution in [0.15, 0.2) is 48.5 Å². The molecule has 0 spiro atoms. The number of likely N-dealkylation sites (N-methyl/N-ethyl adjacent to an activating group) is 1. The van der Waals surface area contributed by atoms with E-state index < -0.39 is 29.5 Å². The summed E-state index contributed by atoms with van der Waals surface area (Å²) < 4.78 is 27.6. The van der Waals surface area contributed by atoms with Crippen LogP contribution in [0.3, 0.4) is 0 Å². The van der Waals surface area contributed by atoms with Gasteiger partial charge in [0.05, 0.1) is 4.88 Å². The van der Waals surface area contributed by atoms with Crippen molar-refractivity contribution in [2.45, 2.75) is 6.04 Å². The summed E-state index contributed by atoms with van der Waals surface area (Å²) in [6.07, 6.45) is 0. The Kier molecular flexibility index (Phi) is 4.76. The van der Waals surface area contributed by atoms with E-state index in [0.29, 0.717) is 4.88 Å². The number of fused-ring (bicyclic) bond motifs is 1. The molecule has 2 N–H and O–H groups in total. The van der Waals surface area contributed by atoms with Crippen molar-refractivity contribution in [2.24, 2.45) is 0 Å². The normalized spacial score (nSPS) is 12.0. The number of halogens is 2. The van der Waals surface area contributed by atoms with Gasteiger partial charge in [0.2, 0.25) is 5.91 Å². The summed E-state index contributed by atoms with van der Waals surface area (Å²) in [5.41, 5.74) is 0.160. The van der Waals surface area contributed by atoms with Crippen LogP contribution in [0.5, 0.6) is 0 Å². The van der Waals surface area contributed by atoms with Gasteiger partial charge in [0, 0.05) is 11.7 Å². The van der Waals surface area contributed by atoms with E-state index in [4.69, 9.17) is 0 Å². The van der Waals surface area contributed by atoms with Gasteiger partial charge < -0.3 is 10.6 Å². The summed E-state index contributed by atoms with van der Waals surface area (Å²) in [5, 5.41) is 5.91. The summed E-state index contributed by atoms with van der Waals surface area (Å²) in [6.45, 7) is 0. The molecular weight excluding hydrogens is 346 g/mol. The monoisotopic (exact) mass is 360 g/mol. The van der Waals surface area contributed by atoms with E-state index in [-0.39, 0.29) is 5.56 Å². The number of nitrogens with one attached hydrogen (secondary N) is 2. The molecule has 0 radical (unpaired) electrons. The Morgan fingerprint density at radius 1 is 1.04 bits per heavy atom. The van der Waals surface area contributed by atoms with Gasteiger partial charge in [-0.25, -0.2) is 8.78 Å². The maximum Gasteiger partial charge on any atom is 0.262 e. The minimum Gasteiger partial charge on any atom is -0.357 e. The zero-order chi connectivity index (χ0) is 18.0. The van der Waals surface area contributed by atoms with E-state index in [9.17, 15) is 18.4 Å². The second kappa shape index (κ2) is 6.98. The van der Waals surface area contributed by atoms with Gasteiger partial charge in [0.25, 0.3) is 5.91 Å². The molecule has 1 atom stereocenters. The van der Waals surface area contributed by atoms with Crippen LogP contribution in [0.25, 0.3) is 10.1 Å². The molecule has 0 aliphatic heterocycles. The lowest BCUT2D eigenvalue weighted by Gasteiger charge is -2.17. The van der Waals surface area contributed by atoms with Crippen molar-refractivity contribution in [1.82, 2.24) is 10.6 Å². The zero-order valence-electron chi connectivity index (χ0n) is 13.2. The smallest absolute Gasteiger partial charge is 0.262 e. The SMILES string of the molecule is CNC(=O)C(NC(=O)c1cc2ccccc2s1)c1ccc(F)c(F)c1. The minimum absolute atomic E-state index is 0.160. The maximum atomic E-state index is 13.5. The van der Waals surface area contributed by atoms with Crippen LogP contribution in [0.1, 0.15) is 21.3 Å². The molecule has 0 saturated heterocycles. The fraction of sp³-hybridized carbons (Fsp3) is 0.111. The highest BCUT2D eigenvalue weighted by atomic mass is 32.1. The molecule has 1 heterocycles. The molecular formula is C18H14F2N2O2S. The van der Waals surface area contributed by atoms with E-state index in [1.54, 1.807) is 6.07 Å². The zero-order valence-corrected chi connectivity index (χ0v) is 14.0. The standard InChI is InChI=1S/C18H14F2N2O2S/c1-21-18(24)16(11-6-7-12(19)13(20)8-11)22-17(23)15-9-10-4-2-3-5-14(10)25-15/h2-9,16H,1H3,(H,21,24)(H,22,23). The Labute approximate surface area is 146 Å². The fourth-order valence-electron chi connectivity index (χ4n) is 2.43. The number of rotatable bonds is 4. The van der Waals surface area contributed by atoms with Crippen molar-refractivity contribution in [1.29, 1.82) is 0 Å². The first-order valence-corrected chi connectivity index (χ1v) is 8.27. The highest BCUT2D eigenvalue weighted by molar-refractivity contribution is 7.20. The van der Waals surface area contributed by atoms with Crippen LogP contribution >= 0.6 is 11.3 Å². The lowest BCUT2D eigenvalue weighted by molar-refractivity contribution is -0.122. The summed E-state index contributed by atoms with van der Waals surface area (Å²) >= 11 is 1.29. The molecule has 0 bridgehead atoms. The Morgan fingerprint density at radius 3 is 2.48 bits per heavy atom. The van der Waals surface area contributed by atoms with Gasteiger partial charge in [-0.05, 0) is 35.2 Å². The molecule has 1 unspecified atom stereocenters. The van der Waals surface area contributed by atoms with Gasteiger partial charge in [0.15, 0.2) is 11.6 Å². The van der Waals surface area contributed by atoms with Crippen LogP contribution in [0.2, 0.25) is 0 Å². The maximum absolute atomic E-state index is 13.5. The van der Waals surface area contributed by atoms with Gasteiger partial charge in [-0.3, -0.25) is 9.59 Å². The van der Waals surface area contributed by atoms with Crippen molar-refractivity contribution < 1.29 is 18.4 Å². The number of carbonyl (C=O) groups excluding carboxylic acids is 2. The number of hydrogen-bond donors (Lipinski definition) is 2. The van der Waals surface area contributed by atoms with Crippen molar-refractivity contribution in [3.8, 4) is 0 Å². The van der Waals surface area contributed by atoms with E-state index in [1.165, 1.54) is 24.5 Å². The second-order valence-corrected chi connectivity index (χ2v) is 6.43. The summed E-state index contributed by atoms with van der Waals surface area (Å²) in [6, 6.07) is 11.2. The predicted molar refractivity (Wildman–Crippen MR) is 92.5 cm³/mol. The van der Waals surface area contributed by atoms with Gasteiger partial charge in [-0.15, -0.1) is 11.3 Å². The number of amides is 2. The van der Waals surface area contributed by atoms with E-state index in [2.05, 4.69) is 10.6 Å². The summed E-state index contributed by atoms with van der Waals surface area (Å²) in [5.74, 6) is -3.09. The summed E-state index contributed by atoms with van der Waals surface area (Å²) in [4.78, 5) is 25.1. The molecule has 25 heavy (non-hydrogen) atoms. The van der Waals surface area contributed by atoms with Crippen LogP contribution in [-0.4, -0.2) is 18.9 Å². The lowest BCUT2D eigenvalue weighted by atomic mass is 10.1. The second-order valence-electron chi connectivity index (χ2n) is 5.34. The largest absolute Gasteiger partial charge is 0.357 e. The van der Waals surface area contributed by atoms with Gasteiger partial charge in [-0.1, -0.05) is 24.3 Å². The Morgan fingerprint density at radius 2 is 1.80 bits per heavy atom. The Balaban J connectivity index is 1.90. The van der Waals surface area contributed by atoms with Crippen molar-refractivity contribution in [2.75, 3.05) is 7.05 Å². The van der Waals surface area contributed by atoms with Gasteiger partial charge in [0.1, 0.15) is 6.04 Å². The molecule has 3 aromatic rings. The van der Waals surface area contributed by atoms with Gasteiger partial charge in [-0.2, -0.15) is 0 Å². The van der Waals surface area contributed by atoms with E-state index >= 15 is 0 Å². The van der Waals surface area contributed by atoms with Gasteiger partial charge >= 0.3 is 0 Å². The first kappa shape index (κ1) is 17.0. The molecule has 1 aromatic heterocycles. The lowest BCUT2D eigenvalue weighted by Crippen LogP contribution is -2.38. The fourth-order valence-corrected chi connectivity index (χ4v) is 3.40. The van der Waals surface area contributed by atoms with Crippen molar-refractivity contribution >= 4 is 33.2 Å². The average molecular weight is 360 g/mol. The highest BCUT2D eigenvalue weighted by Crippen LogP contribution is 2.26. The number of thiophene rings is 1. The summed E-state index contributed by atoms with van der Waals surface area (Å²) in [7, 11) is 1.40. The third-order valence-corrected chi connectivity index (χ3v) is 4.83. The van der Waals surface area contributed by atoms with Crippen LogP contribution in [0.4, 0.5) is 8.78 Å². The third-order valence-electron chi connectivity index (χ3n) is 3.71. The third kappa shape index (κ3) is 3.51. The first-order chi connectivity index (χ1) is 12.0. The quantitative estimate of drug-likeness (QED) is 0.749. The van der Waals surface area contributed by atoms with Crippen LogP contribution in [0, 0.1) is 11.6 Å². The van der Waals surface area contributed by atoms with Crippen molar-refractivity contribution in [3.05, 3.63) is 70.6 Å². The van der Waals surface area contributed by atoms with E-state index in [1.807, 2.05) is 24.3 Å². The molecule has 0 aliphatic rings. The molecule has 7 heteroatoms. The first-order valence-electron chi connectivity index (χ1n) is 7.45. The molecule has 128 valence electrons. The van der Waals surface area contributed by atoms with Crippen molar-refractivity contribution in [3.63, 3.8) is 0 Å². The molecule has 4 nitrogen and oxygen atoms in total. The van der Waals surface area contributed by atoms with E-state index in [0.717, 1.165) is 22.2 Å². The Bertz CT molecular complexity index is 922. The number of hydrogen-bond acceptors (Lipinski definition) is 3. The van der Waals surface area contributed by atoms with Crippen LogP contribution < -0.4 is 10.6 Å². The minimum atomic E-state index is -1.13. The molecule has 2 aromatic carbocycles. The van der Waals surface area contributed by atoms with Crippen LogP contribution in [-0.2, 0) is 4.79 Å². The average Bonchev–Trinajstić information content (AvgIpc) is 3.05. The highest BCUT2D eigenvalue weighted by Gasteiger charge is 2.24. The molecule has 0 aliphatic carbocycles. The molecule has 3 rings (SSSR count). The molecule has 0 fully saturated rings. The predicted octanol–water partition coefficient (Wildman–Crippen LogP) is 3.40. The molecule has 2 amide bonds. The number of carbonyl (C=O) groups is 2. The topological polar surface area (TPSA) is 58.2 Å². The Hall–Kier alpha value is -2.80. The molecule has 0 saturated carbocycles. The number of benzene rings is 2.